The first-order valence-electron chi connectivity index (χ1n) is 17.0. The van der Waals surface area contributed by atoms with Gasteiger partial charge in [-0.1, -0.05) is 85.0 Å². The fourth-order valence-corrected chi connectivity index (χ4v) is 7.69. The van der Waals surface area contributed by atoms with Crippen LogP contribution in [0.3, 0.4) is 0 Å². The Balaban J connectivity index is 1.40. The first-order valence-corrected chi connectivity index (χ1v) is 17.0. The number of hydrogen-bond acceptors (Lipinski definition) is 7. The van der Waals surface area contributed by atoms with Crippen molar-refractivity contribution in [1.29, 1.82) is 0 Å². The maximum absolute atomic E-state index is 14.6. The molecule has 4 aliphatic heterocycles. The predicted octanol–water partition coefficient (Wildman–Crippen LogP) is 3.81. The molecule has 254 valence electrons. The van der Waals surface area contributed by atoms with Crippen LogP contribution in [0.1, 0.15) is 56.3 Å². The van der Waals surface area contributed by atoms with E-state index in [9.17, 15) is 24.3 Å². The topological polar surface area (TPSA) is 117 Å². The Labute approximate surface area is 282 Å². The largest absolute Gasteiger partial charge is 0.455 e. The maximum Gasteiger partial charge on any atom is 0.313 e. The molecule has 10 nitrogen and oxygen atoms in total. The Bertz CT molecular complexity index is 1550. The number of carbonyl (C=O) groups excluding carboxylic acids is 4. The molecule has 0 radical (unpaired) electrons. The third-order valence-corrected chi connectivity index (χ3v) is 10.3. The number of ether oxygens (including phenoxy) is 2. The molecule has 0 saturated carbocycles. The number of allylic oxidation sites excluding steroid dienone is 1. The summed E-state index contributed by atoms with van der Waals surface area (Å²) in [5.41, 5.74) is 0.305. The van der Waals surface area contributed by atoms with E-state index in [0.29, 0.717) is 45.3 Å². The van der Waals surface area contributed by atoms with E-state index >= 15 is 0 Å². The molecule has 2 saturated heterocycles. The van der Waals surface area contributed by atoms with Crippen LogP contribution in [0, 0.1) is 11.8 Å². The van der Waals surface area contributed by atoms with Crippen molar-refractivity contribution >= 4 is 23.7 Å². The van der Waals surface area contributed by atoms with Gasteiger partial charge in [0.05, 0.1) is 18.1 Å². The van der Waals surface area contributed by atoms with Crippen molar-refractivity contribution < 1.29 is 33.8 Å². The minimum Gasteiger partial charge on any atom is -0.455 e. The van der Waals surface area contributed by atoms with Gasteiger partial charge in [0.2, 0.25) is 17.7 Å². The van der Waals surface area contributed by atoms with Gasteiger partial charge in [-0.25, -0.2) is 0 Å². The summed E-state index contributed by atoms with van der Waals surface area (Å²) in [4.78, 5) is 61.8. The Morgan fingerprint density at radius 3 is 2.38 bits per heavy atom. The average Bonchev–Trinajstić information content (AvgIpc) is 3.49. The second kappa shape index (κ2) is 14.5. The minimum atomic E-state index is -1.39. The number of carbonyl (C=O) groups is 4. The molecule has 1 spiro atoms. The molecule has 1 N–H and O–H groups in total. The molecule has 0 aromatic heterocycles. The standard InChI is InChI=1S/C38H45N3O7/c1-26-33(28-17-8-4-9-18-28)47-37(46)31-29(19-10-11-20-30(43)39(26)2)48-38-21-14-22-40(25-27-15-6-3-7-16-27)36(45)34(38)41(35(44)32(31)38)23-12-5-13-24-42/h3-4,6-10,14-19,21,26,29,31-34,42H,5,11-13,20,22-25H2,1-2H3/b19-10-/t26-,29-,31+,32+,33+,34-,38+/m0/s1. The number of aliphatic hydroxyl groups is 1. The van der Waals surface area contributed by atoms with Crippen LogP contribution >= 0.6 is 0 Å². The molecule has 0 unspecified atom stereocenters. The van der Waals surface area contributed by atoms with Crippen molar-refractivity contribution in [1.82, 2.24) is 14.7 Å². The molecule has 4 heterocycles. The Morgan fingerprint density at radius 1 is 0.917 bits per heavy atom. The highest BCUT2D eigenvalue weighted by Gasteiger charge is 2.71. The normalized spacial score (nSPS) is 31.4. The average molecular weight is 656 g/mol. The molecule has 2 aromatic carbocycles. The van der Waals surface area contributed by atoms with Gasteiger partial charge in [-0.3, -0.25) is 19.2 Å². The molecule has 0 bridgehead atoms. The molecule has 4 aliphatic rings. The number of likely N-dealkylation sites (tertiary alicyclic amines) is 1. The number of hydrogen-bond donors (Lipinski definition) is 1. The van der Waals surface area contributed by atoms with E-state index in [1.54, 1.807) is 27.8 Å². The van der Waals surface area contributed by atoms with Crippen LogP contribution < -0.4 is 0 Å². The number of amides is 3. The van der Waals surface area contributed by atoms with E-state index in [0.717, 1.165) is 11.1 Å². The molecule has 3 amide bonds. The third-order valence-electron chi connectivity index (χ3n) is 10.3. The molecule has 0 aliphatic carbocycles. The van der Waals surface area contributed by atoms with E-state index in [4.69, 9.17) is 9.47 Å². The van der Waals surface area contributed by atoms with Gasteiger partial charge in [-0.05, 0) is 43.7 Å². The number of likely N-dealkylation sites (N-methyl/N-ethyl adjacent to an activating group) is 1. The second-order valence-corrected chi connectivity index (χ2v) is 13.2. The van der Waals surface area contributed by atoms with Crippen molar-refractivity contribution in [2.45, 2.75) is 75.5 Å². The summed E-state index contributed by atoms with van der Waals surface area (Å²) in [5, 5.41) is 9.37. The van der Waals surface area contributed by atoms with Crippen molar-refractivity contribution in [2.75, 3.05) is 26.7 Å². The Kier molecular flexibility index (Phi) is 10.1. The zero-order valence-corrected chi connectivity index (χ0v) is 27.6. The van der Waals surface area contributed by atoms with E-state index in [1.807, 2.05) is 85.8 Å². The summed E-state index contributed by atoms with van der Waals surface area (Å²) < 4.78 is 13.2. The van der Waals surface area contributed by atoms with Crippen LogP contribution in [-0.4, -0.2) is 94.0 Å². The van der Waals surface area contributed by atoms with Crippen LogP contribution in [0.4, 0.5) is 0 Å². The van der Waals surface area contributed by atoms with Gasteiger partial charge in [-0.15, -0.1) is 0 Å². The lowest BCUT2D eigenvalue weighted by atomic mass is 9.77. The second-order valence-electron chi connectivity index (χ2n) is 13.2. The highest BCUT2D eigenvalue weighted by atomic mass is 16.6. The molecule has 2 aromatic rings. The summed E-state index contributed by atoms with van der Waals surface area (Å²) >= 11 is 0. The van der Waals surface area contributed by atoms with E-state index in [1.165, 1.54) is 0 Å². The van der Waals surface area contributed by atoms with Crippen molar-refractivity contribution in [3.05, 3.63) is 96.1 Å². The molecule has 7 atom stereocenters. The SMILES string of the molecule is C[C@H]1[C@H](c2ccccc2)OC(=O)[C@@H]2[C@H](/C=C\CCC(=O)N1C)O[C@@]13C=CCN(Cc4ccccc4)C(=O)[C@@H]1N(CCCCCO)C(=O)[C@@H]23. The Hall–Kier alpha value is -4.28. The summed E-state index contributed by atoms with van der Waals surface area (Å²) in [6.45, 7) is 2.88. The maximum atomic E-state index is 14.6. The number of nitrogens with zero attached hydrogens (tertiary/aromatic N) is 3. The molecule has 2 fully saturated rings. The first kappa shape index (κ1) is 33.6. The zero-order valence-electron chi connectivity index (χ0n) is 27.6. The fraction of sp³-hybridized carbons (Fsp3) is 0.474. The lowest BCUT2D eigenvalue weighted by Crippen LogP contribution is -2.55. The van der Waals surface area contributed by atoms with Crippen molar-refractivity contribution in [3.63, 3.8) is 0 Å². The molecule has 48 heavy (non-hydrogen) atoms. The highest BCUT2D eigenvalue weighted by Crippen LogP contribution is 2.53. The minimum absolute atomic E-state index is 0.0449. The summed E-state index contributed by atoms with van der Waals surface area (Å²) in [6, 6.07) is 17.6. The number of esters is 1. The Morgan fingerprint density at radius 2 is 1.65 bits per heavy atom. The number of cyclic esters (lactones) is 1. The van der Waals surface area contributed by atoms with Gasteiger partial charge in [-0.2, -0.15) is 0 Å². The summed E-state index contributed by atoms with van der Waals surface area (Å²) in [7, 11) is 1.71. The van der Waals surface area contributed by atoms with Gasteiger partial charge in [0, 0.05) is 39.7 Å². The van der Waals surface area contributed by atoms with Gasteiger partial charge in [0.1, 0.15) is 23.7 Å². The number of aliphatic hydroxyl groups excluding tert-OH is 1. The van der Waals surface area contributed by atoms with Gasteiger partial charge >= 0.3 is 5.97 Å². The monoisotopic (exact) mass is 655 g/mol. The predicted molar refractivity (Wildman–Crippen MR) is 178 cm³/mol. The van der Waals surface area contributed by atoms with Crippen LogP contribution in [0.2, 0.25) is 0 Å². The van der Waals surface area contributed by atoms with Crippen LogP contribution in [0.25, 0.3) is 0 Å². The number of benzene rings is 2. The summed E-state index contributed by atoms with van der Waals surface area (Å²) in [5.74, 6) is -3.24. The summed E-state index contributed by atoms with van der Waals surface area (Å²) in [6.07, 6.45) is 8.21. The van der Waals surface area contributed by atoms with Crippen molar-refractivity contribution in [3.8, 4) is 0 Å². The molecular formula is C38H45N3O7. The number of unbranched alkanes of at least 4 members (excludes halogenated alkanes) is 2. The quantitative estimate of drug-likeness (QED) is 0.261. The zero-order chi connectivity index (χ0) is 33.8. The lowest BCUT2D eigenvalue weighted by Gasteiger charge is -2.35. The molecule has 6 rings (SSSR count). The molecule has 10 heteroatoms. The van der Waals surface area contributed by atoms with Gasteiger partial charge < -0.3 is 29.3 Å². The van der Waals surface area contributed by atoms with Crippen LogP contribution in [0.15, 0.2) is 85.0 Å². The third kappa shape index (κ3) is 6.31. The van der Waals surface area contributed by atoms with E-state index in [-0.39, 0.29) is 30.7 Å². The first-order chi connectivity index (χ1) is 23.3. The molecular weight excluding hydrogens is 610 g/mol. The van der Waals surface area contributed by atoms with Gasteiger partial charge in [0.15, 0.2) is 0 Å². The number of fused-ring (bicyclic) bond motifs is 2. The van der Waals surface area contributed by atoms with Crippen LogP contribution in [0.5, 0.6) is 0 Å². The number of rotatable bonds is 8. The van der Waals surface area contributed by atoms with E-state index < -0.39 is 47.7 Å². The van der Waals surface area contributed by atoms with E-state index in [2.05, 4.69) is 0 Å². The van der Waals surface area contributed by atoms with Crippen molar-refractivity contribution in [2.24, 2.45) is 11.8 Å². The highest BCUT2D eigenvalue weighted by molar-refractivity contribution is 5.99. The van der Waals surface area contributed by atoms with Crippen LogP contribution in [-0.2, 0) is 35.2 Å². The smallest absolute Gasteiger partial charge is 0.313 e. The fourth-order valence-electron chi connectivity index (χ4n) is 7.69. The van der Waals surface area contributed by atoms with Gasteiger partial charge in [0.25, 0.3) is 0 Å². The lowest BCUT2D eigenvalue weighted by molar-refractivity contribution is -0.164.